The average molecular weight is 346 g/mol. The smallest absolute Gasteiger partial charge is 0.370 e. The van der Waals surface area contributed by atoms with Crippen molar-refractivity contribution in [1.82, 2.24) is 0 Å². The third-order valence-electron chi connectivity index (χ3n) is 3.05. The van der Waals surface area contributed by atoms with E-state index in [1.165, 1.54) is 6.61 Å². The Morgan fingerprint density at radius 2 is 1.33 bits per heavy atom. The number of halogens is 6. The molecule has 1 nitrogen and oxygen atoms in total. The molecule has 2 aromatic rings. The molecule has 0 fully saturated rings. The Balaban J connectivity index is 2.06. The van der Waals surface area contributed by atoms with Crippen LogP contribution in [0.25, 0.3) is 0 Å². The van der Waals surface area contributed by atoms with Crippen LogP contribution in [0.3, 0.4) is 0 Å². The Morgan fingerprint density at radius 1 is 0.792 bits per heavy atom. The summed E-state index contributed by atoms with van der Waals surface area (Å²) in [6.45, 7) is 0.819. The lowest BCUT2D eigenvalue weighted by Crippen LogP contribution is -2.12. The first-order chi connectivity index (χ1) is 11.2. The van der Waals surface area contributed by atoms with Crippen LogP contribution in [0, 0.1) is 13.0 Å². The summed E-state index contributed by atoms with van der Waals surface area (Å²) >= 11 is 0. The summed E-state index contributed by atoms with van der Waals surface area (Å²) in [7, 11) is 0. The van der Waals surface area contributed by atoms with Crippen molar-refractivity contribution in [2.45, 2.75) is 19.0 Å². The molecule has 0 spiro atoms. The van der Waals surface area contributed by atoms with Gasteiger partial charge in [-0.15, -0.1) is 0 Å². The third-order valence-corrected chi connectivity index (χ3v) is 3.05. The molecular weight excluding hydrogens is 334 g/mol. The van der Waals surface area contributed by atoms with Gasteiger partial charge in [0.25, 0.3) is 0 Å². The van der Waals surface area contributed by atoms with E-state index in [9.17, 15) is 26.3 Å². The fourth-order valence-electron chi connectivity index (χ4n) is 1.94. The molecule has 0 atom stereocenters. The van der Waals surface area contributed by atoms with Crippen LogP contribution in [0.15, 0.2) is 48.5 Å². The van der Waals surface area contributed by atoms with Crippen LogP contribution >= 0.6 is 0 Å². The maximum Gasteiger partial charge on any atom is 0.416 e. The lowest BCUT2D eigenvalue weighted by Gasteiger charge is -2.14. The summed E-state index contributed by atoms with van der Waals surface area (Å²) in [5, 5.41) is 0. The van der Waals surface area contributed by atoms with E-state index < -0.39 is 30.1 Å². The van der Waals surface area contributed by atoms with Gasteiger partial charge in [0.15, 0.2) is 0 Å². The Hall–Kier alpha value is -2.02. The monoisotopic (exact) mass is 346 g/mol. The number of benzene rings is 2. The van der Waals surface area contributed by atoms with Crippen molar-refractivity contribution in [2.75, 3.05) is 0 Å². The van der Waals surface area contributed by atoms with Gasteiger partial charge in [-0.3, -0.25) is 0 Å². The van der Waals surface area contributed by atoms with Crippen molar-refractivity contribution in [3.63, 3.8) is 0 Å². The molecule has 7 heteroatoms. The lowest BCUT2D eigenvalue weighted by atomic mass is 10.1. The molecule has 0 aliphatic rings. The molecule has 0 saturated heterocycles. The highest BCUT2D eigenvalue weighted by molar-refractivity contribution is 5.33. The Kier molecular flexibility index (Phi) is 5.54. The molecule has 2 radical (unpaired) electrons. The number of hydrogen-bond acceptors (Lipinski definition) is 1. The topological polar surface area (TPSA) is 9.23 Å². The van der Waals surface area contributed by atoms with Gasteiger partial charge < -0.3 is 4.74 Å². The first-order valence-corrected chi connectivity index (χ1v) is 6.78. The van der Waals surface area contributed by atoms with Crippen LogP contribution in [0.1, 0.15) is 22.3 Å². The van der Waals surface area contributed by atoms with Gasteiger partial charge in [0.05, 0.1) is 24.3 Å². The number of rotatable bonds is 5. The minimum Gasteiger partial charge on any atom is -0.370 e. The Bertz CT molecular complexity index is 629. The molecule has 2 aromatic carbocycles. The fraction of sp³-hybridized carbons (Fsp3) is 0.176. The summed E-state index contributed by atoms with van der Waals surface area (Å²) in [6.07, 6.45) is -8.18. The highest BCUT2D eigenvalue weighted by Gasteiger charge is 2.36. The maximum atomic E-state index is 12.7. The van der Waals surface area contributed by atoms with Gasteiger partial charge in [0.2, 0.25) is 0 Å². The largest absolute Gasteiger partial charge is 0.416 e. The first kappa shape index (κ1) is 18.3. The van der Waals surface area contributed by atoms with Crippen molar-refractivity contribution in [3.05, 3.63) is 83.8 Å². The van der Waals surface area contributed by atoms with Crippen molar-refractivity contribution < 1.29 is 31.1 Å². The molecule has 0 heterocycles. The van der Waals surface area contributed by atoms with Gasteiger partial charge in [-0.2, -0.15) is 26.3 Å². The average Bonchev–Trinajstić information content (AvgIpc) is 2.51. The SMILES string of the molecule is FC(F)(F)c1cc(CO[CH][CH]c2ccccc2)cc(C(F)(F)F)c1. The Labute approximate surface area is 134 Å². The third kappa shape index (κ3) is 5.26. The second-order valence-electron chi connectivity index (χ2n) is 4.94. The van der Waals surface area contributed by atoms with E-state index >= 15 is 0 Å². The van der Waals surface area contributed by atoms with Gasteiger partial charge in [-0.1, -0.05) is 30.3 Å². The summed E-state index contributed by atoms with van der Waals surface area (Å²) in [4.78, 5) is 0. The zero-order valence-corrected chi connectivity index (χ0v) is 12.2. The molecule has 0 aliphatic heterocycles. The number of ether oxygens (including phenoxy) is 1. The van der Waals surface area contributed by atoms with Crippen molar-refractivity contribution in [3.8, 4) is 0 Å². The van der Waals surface area contributed by atoms with Crippen LogP contribution < -0.4 is 0 Å². The summed E-state index contributed by atoms with van der Waals surface area (Å²) in [5.74, 6) is 0. The number of hydrogen-bond donors (Lipinski definition) is 0. The van der Waals surface area contributed by atoms with Crippen LogP contribution in [-0.4, -0.2) is 0 Å². The van der Waals surface area contributed by atoms with Gasteiger partial charge in [0, 0.05) is 6.42 Å². The minimum atomic E-state index is -4.87. The highest BCUT2D eigenvalue weighted by atomic mass is 19.4. The van der Waals surface area contributed by atoms with E-state index in [-0.39, 0.29) is 11.6 Å². The zero-order chi connectivity index (χ0) is 17.8. The van der Waals surface area contributed by atoms with Crippen molar-refractivity contribution in [1.29, 1.82) is 0 Å². The highest BCUT2D eigenvalue weighted by Crippen LogP contribution is 2.36. The molecule has 0 aliphatic carbocycles. The lowest BCUT2D eigenvalue weighted by molar-refractivity contribution is -0.143. The van der Waals surface area contributed by atoms with E-state index in [0.717, 1.165) is 5.56 Å². The van der Waals surface area contributed by atoms with E-state index in [1.807, 2.05) is 0 Å². The van der Waals surface area contributed by atoms with Gasteiger partial charge in [-0.25, -0.2) is 0 Å². The molecule has 0 amide bonds. The molecule has 2 rings (SSSR count). The summed E-state index contributed by atoms with van der Waals surface area (Å²) in [6, 6.07) is 10.3. The second kappa shape index (κ2) is 7.25. The molecule has 24 heavy (non-hydrogen) atoms. The van der Waals surface area contributed by atoms with Gasteiger partial charge in [-0.05, 0) is 29.3 Å². The van der Waals surface area contributed by atoms with Crippen LogP contribution in [0.2, 0.25) is 0 Å². The normalized spacial score (nSPS) is 12.4. The fourth-order valence-corrected chi connectivity index (χ4v) is 1.94. The van der Waals surface area contributed by atoms with Crippen LogP contribution in [0.4, 0.5) is 26.3 Å². The molecule has 0 saturated carbocycles. The quantitative estimate of drug-likeness (QED) is 0.502. The number of alkyl halides is 6. The van der Waals surface area contributed by atoms with E-state index in [2.05, 4.69) is 0 Å². The molecule has 0 bridgehead atoms. The predicted octanol–water partition coefficient (Wildman–Crippen LogP) is 5.66. The minimum absolute atomic E-state index is 0.0866. The molecule has 0 aromatic heterocycles. The van der Waals surface area contributed by atoms with Crippen molar-refractivity contribution >= 4 is 0 Å². The van der Waals surface area contributed by atoms with E-state index in [4.69, 9.17) is 4.74 Å². The molecule has 128 valence electrons. The van der Waals surface area contributed by atoms with E-state index in [1.54, 1.807) is 36.8 Å². The Morgan fingerprint density at radius 3 is 1.83 bits per heavy atom. The predicted molar refractivity (Wildman–Crippen MR) is 75.4 cm³/mol. The van der Waals surface area contributed by atoms with Crippen LogP contribution in [-0.2, 0) is 23.7 Å². The zero-order valence-electron chi connectivity index (χ0n) is 12.2. The standard InChI is InChI=1S/C17H12F6O/c18-16(19,20)14-8-13(9-15(10-14)17(21,22)23)11-24-7-6-12-4-2-1-3-5-12/h1-10H,11H2. The first-order valence-electron chi connectivity index (χ1n) is 6.78. The molecular formula is C17H12F6O. The van der Waals surface area contributed by atoms with Gasteiger partial charge in [0.1, 0.15) is 0 Å². The summed E-state index contributed by atoms with van der Waals surface area (Å²) < 4.78 is 81.4. The van der Waals surface area contributed by atoms with Crippen molar-refractivity contribution in [2.24, 2.45) is 0 Å². The molecule has 0 unspecified atom stereocenters. The second-order valence-corrected chi connectivity index (χ2v) is 4.94. The van der Waals surface area contributed by atoms with Crippen LogP contribution in [0.5, 0.6) is 0 Å². The van der Waals surface area contributed by atoms with E-state index in [0.29, 0.717) is 12.1 Å². The van der Waals surface area contributed by atoms with Gasteiger partial charge >= 0.3 is 12.4 Å². The molecule has 0 N–H and O–H groups in total. The summed E-state index contributed by atoms with van der Waals surface area (Å²) in [5.41, 5.74) is -2.14. The maximum absolute atomic E-state index is 12.7.